The molecule has 2 N–H and O–H groups in total. The third-order valence-electron chi connectivity index (χ3n) is 3.35. The van der Waals surface area contributed by atoms with Crippen molar-refractivity contribution < 1.29 is 4.74 Å². The molecular formula is C18H25IN4OS. The van der Waals surface area contributed by atoms with E-state index in [1.54, 1.807) is 20.4 Å². The summed E-state index contributed by atoms with van der Waals surface area (Å²) in [7, 11) is 3.40. The molecule has 0 saturated carbocycles. The van der Waals surface area contributed by atoms with Gasteiger partial charge in [-0.1, -0.05) is 31.2 Å². The Morgan fingerprint density at radius 1 is 1.20 bits per heavy atom. The predicted octanol–water partition coefficient (Wildman–Crippen LogP) is 3.55. The van der Waals surface area contributed by atoms with Crippen molar-refractivity contribution in [3.8, 4) is 5.88 Å². The van der Waals surface area contributed by atoms with Crippen LogP contribution in [0.1, 0.15) is 12.5 Å². The van der Waals surface area contributed by atoms with Gasteiger partial charge < -0.3 is 15.4 Å². The lowest BCUT2D eigenvalue weighted by molar-refractivity contribution is 0.392. The lowest BCUT2D eigenvalue weighted by Gasteiger charge is -2.16. The third kappa shape index (κ3) is 7.52. The van der Waals surface area contributed by atoms with Gasteiger partial charge in [-0.15, -0.1) is 35.7 Å². The molecule has 1 aromatic heterocycles. The summed E-state index contributed by atoms with van der Waals surface area (Å²) in [6.07, 6.45) is 1.72. The lowest BCUT2D eigenvalue weighted by Crippen LogP contribution is -2.39. The second-order valence-electron chi connectivity index (χ2n) is 5.22. The number of nitrogens with one attached hydrogen (secondary N) is 2. The summed E-state index contributed by atoms with van der Waals surface area (Å²) in [6.45, 7) is 3.63. The fraction of sp³-hybridized carbons (Fsp3) is 0.333. The number of halogens is 1. The highest BCUT2D eigenvalue weighted by molar-refractivity contribution is 14.0. The Kier molecular flexibility index (Phi) is 10.3. The van der Waals surface area contributed by atoms with Crippen molar-refractivity contribution in [2.24, 2.45) is 4.99 Å². The van der Waals surface area contributed by atoms with Gasteiger partial charge in [-0.3, -0.25) is 4.99 Å². The predicted molar refractivity (Wildman–Crippen MR) is 116 cm³/mol. The first-order valence-corrected chi connectivity index (χ1v) is 8.75. The second kappa shape index (κ2) is 12.0. The van der Waals surface area contributed by atoms with Crippen molar-refractivity contribution in [3.63, 3.8) is 0 Å². The zero-order valence-corrected chi connectivity index (χ0v) is 17.9. The van der Waals surface area contributed by atoms with E-state index >= 15 is 0 Å². The Bertz CT molecular complexity index is 655. The van der Waals surface area contributed by atoms with Crippen LogP contribution in [0.2, 0.25) is 0 Å². The molecule has 0 amide bonds. The number of pyridine rings is 1. The molecule has 1 unspecified atom stereocenters. The molecule has 25 heavy (non-hydrogen) atoms. The number of benzene rings is 1. The zero-order valence-electron chi connectivity index (χ0n) is 14.7. The van der Waals surface area contributed by atoms with Gasteiger partial charge in [0.05, 0.1) is 7.11 Å². The van der Waals surface area contributed by atoms with E-state index in [1.165, 1.54) is 4.90 Å². The highest BCUT2D eigenvalue weighted by Crippen LogP contribution is 2.21. The van der Waals surface area contributed by atoms with Crippen LogP contribution < -0.4 is 15.4 Å². The van der Waals surface area contributed by atoms with E-state index < -0.39 is 0 Å². The number of nitrogens with zero attached hydrogens (tertiary/aromatic N) is 2. The summed E-state index contributed by atoms with van der Waals surface area (Å²) in [5, 5.41) is 7.07. The van der Waals surface area contributed by atoms with Crippen LogP contribution in [0.3, 0.4) is 0 Å². The highest BCUT2D eigenvalue weighted by Gasteiger charge is 2.07. The molecule has 7 heteroatoms. The highest BCUT2D eigenvalue weighted by atomic mass is 127. The molecule has 0 aliphatic carbocycles. The van der Waals surface area contributed by atoms with Gasteiger partial charge in [0, 0.05) is 42.0 Å². The first kappa shape index (κ1) is 21.6. The standard InChI is InChI=1S/C18H24N4OS.HI/c1-14(24-16-9-5-4-6-10-16)12-21-18(19-2)22-13-15-8-7-11-20-17(15)23-3;/h4-11,14H,12-13H2,1-3H3,(H2,19,21,22);1H. The van der Waals surface area contributed by atoms with Crippen molar-refractivity contribution >= 4 is 41.7 Å². The molecule has 0 saturated heterocycles. The van der Waals surface area contributed by atoms with E-state index in [4.69, 9.17) is 4.74 Å². The largest absolute Gasteiger partial charge is 0.481 e. The van der Waals surface area contributed by atoms with Crippen molar-refractivity contribution in [3.05, 3.63) is 54.2 Å². The van der Waals surface area contributed by atoms with Gasteiger partial charge in [0.1, 0.15) is 0 Å². The topological polar surface area (TPSA) is 58.5 Å². The SMILES string of the molecule is CN=C(NCc1cccnc1OC)NCC(C)Sc1ccccc1.I. The number of ether oxygens (including phenoxy) is 1. The molecule has 0 aliphatic heterocycles. The average Bonchev–Trinajstić information content (AvgIpc) is 2.63. The van der Waals surface area contributed by atoms with Crippen LogP contribution in [-0.4, -0.2) is 36.9 Å². The van der Waals surface area contributed by atoms with Gasteiger partial charge in [0.2, 0.25) is 5.88 Å². The van der Waals surface area contributed by atoms with E-state index in [2.05, 4.69) is 51.8 Å². The molecule has 2 aromatic rings. The number of aromatic nitrogens is 1. The molecule has 0 spiro atoms. The minimum Gasteiger partial charge on any atom is -0.481 e. The average molecular weight is 472 g/mol. The Morgan fingerprint density at radius 2 is 1.96 bits per heavy atom. The molecule has 1 atom stereocenters. The lowest BCUT2D eigenvalue weighted by atomic mass is 10.2. The quantitative estimate of drug-likeness (QED) is 0.280. The first-order valence-electron chi connectivity index (χ1n) is 7.87. The third-order valence-corrected chi connectivity index (χ3v) is 4.46. The number of hydrogen-bond acceptors (Lipinski definition) is 4. The van der Waals surface area contributed by atoms with Crippen LogP contribution >= 0.6 is 35.7 Å². The number of aliphatic imine (C=N–C) groups is 1. The minimum absolute atomic E-state index is 0. The van der Waals surface area contributed by atoms with E-state index in [9.17, 15) is 0 Å². The maximum absolute atomic E-state index is 5.26. The molecular weight excluding hydrogens is 447 g/mol. The van der Waals surface area contributed by atoms with Crippen LogP contribution in [0, 0.1) is 0 Å². The Balaban J connectivity index is 0.00000312. The maximum Gasteiger partial charge on any atom is 0.218 e. The van der Waals surface area contributed by atoms with E-state index in [0.717, 1.165) is 18.1 Å². The zero-order chi connectivity index (χ0) is 17.2. The van der Waals surface area contributed by atoms with E-state index in [1.807, 2.05) is 30.0 Å². The fourth-order valence-corrected chi connectivity index (χ4v) is 3.10. The Hall–Kier alpha value is -1.48. The normalized spacial score (nSPS) is 12.0. The number of guanidine groups is 1. The molecule has 136 valence electrons. The number of methoxy groups -OCH3 is 1. The summed E-state index contributed by atoms with van der Waals surface area (Å²) >= 11 is 1.84. The summed E-state index contributed by atoms with van der Waals surface area (Å²) in [5.74, 6) is 1.40. The van der Waals surface area contributed by atoms with E-state index in [0.29, 0.717) is 17.7 Å². The van der Waals surface area contributed by atoms with Gasteiger partial charge in [0.15, 0.2) is 5.96 Å². The first-order chi connectivity index (χ1) is 11.7. The summed E-state index contributed by atoms with van der Waals surface area (Å²) in [5.41, 5.74) is 0.995. The fourth-order valence-electron chi connectivity index (χ4n) is 2.16. The molecule has 2 rings (SSSR count). The maximum atomic E-state index is 5.26. The van der Waals surface area contributed by atoms with Gasteiger partial charge in [-0.05, 0) is 18.2 Å². The summed E-state index contributed by atoms with van der Waals surface area (Å²) in [6, 6.07) is 14.3. The number of thioether (sulfide) groups is 1. The number of hydrogen-bond donors (Lipinski definition) is 2. The molecule has 0 bridgehead atoms. The number of rotatable bonds is 7. The summed E-state index contributed by atoms with van der Waals surface area (Å²) in [4.78, 5) is 9.73. The van der Waals surface area contributed by atoms with Gasteiger partial charge in [-0.2, -0.15) is 0 Å². The minimum atomic E-state index is 0. The van der Waals surface area contributed by atoms with Gasteiger partial charge in [0.25, 0.3) is 0 Å². The molecule has 0 radical (unpaired) electrons. The van der Waals surface area contributed by atoms with Gasteiger partial charge in [-0.25, -0.2) is 4.98 Å². The van der Waals surface area contributed by atoms with Crippen LogP contribution in [0.4, 0.5) is 0 Å². The molecule has 1 heterocycles. The van der Waals surface area contributed by atoms with Crippen LogP contribution in [0.15, 0.2) is 58.5 Å². The van der Waals surface area contributed by atoms with E-state index in [-0.39, 0.29) is 24.0 Å². The Morgan fingerprint density at radius 3 is 2.64 bits per heavy atom. The van der Waals surface area contributed by atoms with Crippen LogP contribution in [-0.2, 0) is 6.54 Å². The summed E-state index contributed by atoms with van der Waals surface area (Å²) < 4.78 is 5.26. The van der Waals surface area contributed by atoms with Gasteiger partial charge >= 0.3 is 0 Å². The van der Waals surface area contributed by atoms with Crippen molar-refractivity contribution in [1.29, 1.82) is 0 Å². The van der Waals surface area contributed by atoms with Crippen molar-refractivity contribution in [1.82, 2.24) is 15.6 Å². The van der Waals surface area contributed by atoms with Crippen LogP contribution in [0.5, 0.6) is 5.88 Å². The molecule has 5 nitrogen and oxygen atoms in total. The molecule has 1 aromatic carbocycles. The Labute approximate surface area is 171 Å². The molecule has 0 aliphatic rings. The monoisotopic (exact) mass is 472 g/mol. The van der Waals surface area contributed by atoms with Crippen molar-refractivity contribution in [2.45, 2.75) is 23.6 Å². The second-order valence-corrected chi connectivity index (χ2v) is 6.73. The van der Waals surface area contributed by atoms with Crippen LogP contribution in [0.25, 0.3) is 0 Å². The smallest absolute Gasteiger partial charge is 0.218 e. The molecule has 0 fully saturated rings. The van der Waals surface area contributed by atoms with Crippen molar-refractivity contribution in [2.75, 3.05) is 20.7 Å².